The zero-order valence-corrected chi connectivity index (χ0v) is 13.7. The van der Waals surface area contributed by atoms with Gasteiger partial charge in [-0.25, -0.2) is 4.39 Å². The number of aryl methyl sites for hydroxylation is 1. The molecule has 2 N–H and O–H groups in total. The Kier molecular flexibility index (Phi) is 4.85. The fourth-order valence-electron chi connectivity index (χ4n) is 2.14. The van der Waals surface area contributed by atoms with Crippen molar-refractivity contribution in [2.24, 2.45) is 5.73 Å². The molecule has 5 heteroatoms. The van der Waals surface area contributed by atoms with E-state index in [4.69, 9.17) is 15.2 Å². The average Bonchev–Trinajstić information content (AvgIpc) is 2.48. The molecule has 0 aliphatic heterocycles. The molecule has 2 aromatic carbocycles. The lowest BCUT2D eigenvalue weighted by atomic mass is 9.97. The van der Waals surface area contributed by atoms with Crippen molar-refractivity contribution in [2.45, 2.75) is 13.0 Å². The van der Waals surface area contributed by atoms with Crippen LogP contribution in [-0.4, -0.2) is 14.2 Å². The zero-order chi connectivity index (χ0) is 15.6. The Balaban J connectivity index is 2.49. The molecule has 21 heavy (non-hydrogen) atoms. The minimum Gasteiger partial charge on any atom is -0.497 e. The number of ether oxygens (including phenoxy) is 2. The van der Waals surface area contributed by atoms with Crippen molar-refractivity contribution in [1.29, 1.82) is 0 Å². The molecule has 112 valence electrons. The summed E-state index contributed by atoms with van der Waals surface area (Å²) in [7, 11) is 3.07. The van der Waals surface area contributed by atoms with Gasteiger partial charge in [0.25, 0.3) is 0 Å². The Labute approximate surface area is 132 Å². The topological polar surface area (TPSA) is 44.5 Å². The summed E-state index contributed by atoms with van der Waals surface area (Å²) in [5.74, 6) is 0.694. The molecule has 0 aliphatic rings. The van der Waals surface area contributed by atoms with Gasteiger partial charge in [-0.2, -0.15) is 0 Å². The predicted molar refractivity (Wildman–Crippen MR) is 84.4 cm³/mol. The molecule has 0 aromatic heterocycles. The van der Waals surface area contributed by atoms with Gasteiger partial charge in [0, 0.05) is 21.7 Å². The van der Waals surface area contributed by atoms with E-state index in [1.807, 2.05) is 19.1 Å². The summed E-state index contributed by atoms with van der Waals surface area (Å²) in [4.78, 5) is 0. The lowest BCUT2D eigenvalue weighted by Gasteiger charge is -2.18. The third-order valence-electron chi connectivity index (χ3n) is 3.39. The second kappa shape index (κ2) is 6.45. The second-order valence-electron chi connectivity index (χ2n) is 4.71. The predicted octanol–water partition coefficient (Wildman–Crippen LogP) is 3.96. The van der Waals surface area contributed by atoms with Crippen molar-refractivity contribution < 1.29 is 13.9 Å². The summed E-state index contributed by atoms with van der Waals surface area (Å²) in [5, 5.41) is 0. The van der Waals surface area contributed by atoms with Crippen LogP contribution in [0.25, 0.3) is 0 Å². The third kappa shape index (κ3) is 3.19. The highest BCUT2D eigenvalue weighted by Gasteiger charge is 2.19. The fourth-order valence-corrected chi connectivity index (χ4v) is 2.51. The van der Waals surface area contributed by atoms with E-state index in [9.17, 15) is 4.39 Å². The molecule has 0 aliphatic carbocycles. The SMILES string of the molecule is COc1ccc(C(N)c2cc(Br)c(C)cc2OC)c(F)c1. The second-order valence-corrected chi connectivity index (χ2v) is 5.56. The van der Waals surface area contributed by atoms with Crippen molar-refractivity contribution in [3.8, 4) is 11.5 Å². The van der Waals surface area contributed by atoms with Crippen LogP contribution in [0.1, 0.15) is 22.7 Å². The van der Waals surface area contributed by atoms with Gasteiger partial charge in [-0.3, -0.25) is 0 Å². The molecule has 1 unspecified atom stereocenters. The Morgan fingerprint density at radius 2 is 1.81 bits per heavy atom. The van der Waals surface area contributed by atoms with Crippen LogP contribution in [0.2, 0.25) is 0 Å². The lowest BCUT2D eigenvalue weighted by Crippen LogP contribution is -2.15. The molecular weight excluding hydrogens is 337 g/mol. The number of rotatable bonds is 4. The first-order valence-corrected chi connectivity index (χ1v) is 7.20. The standard InChI is InChI=1S/C16H17BrFNO2/c1-9-6-15(21-3)12(8-13(9)17)16(19)11-5-4-10(20-2)7-14(11)18/h4-8,16H,19H2,1-3H3. The van der Waals surface area contributed by atoms with Crippen molar-refractivity contribution in [3.05, 3.63) is 57.3 Å². The molecule has 0 radical (unpaired) electrons. The molecular formula is C16H17BrFNO2. The first kappa shape index (κ1) is 15.8. The minimum absolute atomic E-state index is 0.393. The molecule has 0 amide bonds. The molecule has 0 spiro atoms. The van der Waals surface area contributed by atoms with Crippen molar-refractivity contribution in [1.82, 2.24) is 0 Å². The van der Waals surface area contributed by atoms with Gasteiger partial charge in [-0.15, -0.1) is 0 Å². The van der Waals surface area contributed by atoms with Gasteiger partial charge in [0.15, 0.2) is 0 Å². The van der Waals surface area contributed by atoms with Crippen molar-refractivity contribution in [2.75, 3.05) is 14.2 Å². The molecule has 0 heterocycles. The Hall–Kier alpha value is -1.59. The number of nitrogens with two attached hydrogens (primary N) is 1. The summed E-state index contributed by atoms with van der Waals surface area (Å²) >= 11 is 3.47. The van der Waals surface area contributed by atoms with Gasteiger partial charge in [-0.1, -0.05) is 22.0 Å². The summed E-state index contributed by atoms with van der Waals surface area (Å²) in [6, 6.07) is 7.76. The summed E-state index contributed by atoms with van der Waals surface area (Å²) in [6.07, 6.45) is 0. The molecule has 0 saturated heterocycles. The number of benzene rings is 2. The first-order chi connectivity index (χ1) is 9.97. The summed E-state index contributed by atoms with van der Waals surface area (Å²) < 4.78 is 25.4. The van der Waals surface area contributed by atoms with E-state index in [-0.39, 0.29) is 0 Å². The molecule has 3 nitrogen and oxygen atoms in total. The number of hydrogen-bond acceptors (Lipinski definition) is 3. The number of hydrogen-bond donors (Lipinski definition) is 1. The highest BCUT2D eigenvalue weighted by Crippen LogP contribution is 2.34. The highest BCUT2D eigenvalue weighted by atomic mass is 79.9. The Bertz CT molecular complexity index is 661. The monoisotopic (exact) mass is 353 g/mol. The van der Waals surface area contributed by atoms with E-state index in [0.717, 1.165) is 15.6 Å². The van der Waals surface area contributed by atoms with Gasteiger partial charge in [-0.05, 0) is 30.7 Å². The van der Waals surface area contributed by atoms with E-state index in [0.29, 0.717) is 17.1 Å². The molecule has 0 saturated carbocycles. The maximum atomic E-state index is 14.2. The smallest absolute Gasteiger partial charge is 0.132 e. The van der Waals surface area contributed by atoms with Crippen LogP contribution in [0.5, 0.6) is 11.5 Å². The maximum Gasteiger partial charge on any atom is 0.132 e. The van der Waals surface area contributed by atoms with Gasteiger partial charge < -0.3 is 15.2 Å². The van der Waals surface area contributed by atoms with Gasteiger partial charge in [0.1, 0.15) is 17.3 Å². The van der Waals surface area contributed by atoms with Crippen LogP contribution < -0.4 is 15.2 Å². The van der Waals surface area contributed by atoms with Crippen molar-refractivity contribution in [3.63, 3.8) is 0 Å². The van der Waals surface area contributed by atoms with E-state index in [1.54, 1.807) is 19.2 Å². The number of methoxy groups -OCH3 is 2. The van der Waals surface area contributed by atoms with Crippen LogP contribution in [0.3, 0.4) is 0 Å². The van der Waals surface area contributed by atoms with Crippen molar-refractivity contribution >= 4 is 15.9 Å². The maximum absolute atomic E-state index is 14.2. The van der Waals surface area contributed by atoms with Crippen LogP contribution in [0, 0.1) is 12.7 Å². The van der Waals surface area contributed by atoms with E-state index >= 15 is 0 Å². The molecule has 0 bridgehead atoms. The zero-order valence-electron chi connectivity index (χ0n) is 12.1. The van der Waals surface area contributed by atoms with E-state index in [1.165, 1.54) is 13.2 Å². The van der Waals surface area contributed by atoms with E-state index in [2.05, 4.69) is 15.9 Å². The van der Waals surface area contributed by atoms with Crippen LogP contribution in [0.4, 0.5) is 4.39 Å². The fraction of sp³-hybridized carbons (Fsp3) is 0.250. The Morgan fingerprint density at radius 3 is 2.38 bits per heavy atom. The summed E-state index contributed by atoms with van der Waals surface area (Å²) in [6.45, 7) is 1.95. The minimum atomic E-state index is -0.622. The van der Waals surface area contributed by atoms with Gasteiger partial charge in [0.05, 0.1) is 20.3 Å². The Morgan fingerprint density at radius 1 is 1.10 bits per heavy atom. The number of halogens is 2. The van der Waals surface area contributed by atoms with Gasteiger partial charge in [0.2, 0.25) is 0 Å². The molecule has 2 aromatic rings. The third-order valence-corrected chi connectivity index (χ3v) is 4.24. The molecule has 0 fully saturated rings. The largest absolute Gasteiger partial charge is 0.497 e. The lowest BCUT2D eigenvalue weighted by molar-refractivity contribution is 0.405. The van der Waals surface area contributed by atoms with Crippen LogP contribution in [-0.2, 0) is 0 Å². The molecule has 2 rings (SSSR count). The highest BCUT2D eigenvalue weighted by molar-refractivity contribution is 9.10. The van der Waals surface area contributed by atoms with Crippen LogP contribution in [0.15, 0.2) is 34.8 Å². The summed E-state index contributed by atoms with van der Waals surface area (Å²) in [5.41, 5.74) is 8.36. The quantitative estimate of drug-likeness (QED) is 0.904. The van der Waals surface area contributed by atoms with E-state index < -0.39 is 11.9 Å². The molecule has 1 atom stereocenters. The average molecular weight is 354 g/mol. The first-order valence-electron chi connectivity index (χ1n) is 6.41. The normalized spacial score (nSPS) is 12.1. The van der Waals surface area contributed by atoms with Crippen LogP contribution >= 0.6 is 15.9 Å². The van der Waals surface area contributed by atoms with Gasteiger partial charge >= 0.3 is 0 Å².